The van der Waals surface area contributed by atoms with Crippen LogP contribution in [0.15, 0.2) is 0 Å². The van der Waals surface area contributed by atoms with Gasteiger partial charge in [-0.1, -0.05) is 33.6 Å². The van der Waals surface area contributed by atoms with Crippen LogP contribution in [0.4, 0.5) is 0 Å². The topological polar surface area (TPSA) is 0 Å². The molecule has 0 rings (SSSR count). The van der Waals surface area contributed by atoms with Gasteiger partial charge in [-0.3, -0.25) is 0 Å². The third-order valence-electron chi connectivity index (χ3n) is 1.50. The summed E-state index contributed by atoms with van der Waals surface area (Å²) in [5, 5.41) is 0. The molecule has 0 unspecified atom stereocenters. The summed E-state index contributed by atoms with van der Waals surface area (Å²) in [5.74, 6) is 0. The van der Waals surface area contributed by atoms with Gasteiger partial charge in [-0.15, -0.1) is 0 Å². The first-order chi connectivity index (χ1) is 3.68. The fourth-order valence-electron chi connectivity index (χ4n) is 0.250. The largest absolute Gasteiger partial charge is 0.337 e. The monoisotopic (exact) mass is 339 g/mol. The summed E-state index contributed by atoms with van der Waals surface area (Å²) in [6.45, 7) is 8.57. The van der Waals surface area contributed by atoms with Gasteiger partial charge >= 0.3 is 0 Å². The molecule has 0 nitrogen and oxygen atoms in total. The minimum absolute atomic E-state index is 0. The smallest absolute Gasteiger partial charge is 0.0209 e. The van der Waals surface area contributed by atoms with E-state index in [2.05, 4.69) is 20.8 Å². The van der Waals surface area contributed by atoms with E-state index in [9.17, 15) is 0 Å². The van der Waals surface area contributed by atoms with Crippen LogP contribution < -0.4 is 0 Å². The molecule has 1 heteroatoms. The van der Waals surface area contributed by atoms with Crippen LogP contribution in [0.25, 0.3) is 0 Å². The molecule has 0 saturated heterocycles. The van der Waals surface area contributed by atoms with Crippen LogP contribution in [0, 0.1) is 43.5 Å². The molecule has 0 saturated carbocycles. The minimum Gasteiger partial charge on any atom is -0.337 e. The molecular formula is C7H15U-. The zero-order chi connectivity index (χ0) is 6.62. The first-order valence-electron chi connectivity index (χ1n) is 3.54. The van der Waals surface area contributed by atoms with Crippen LogP contribution in [0.3, 0.4) is 0 Å². The summed E-state index contributed by atoms with van der Waals surface area (Å²) in [6.07, 6.45) is 2.04. The molecule has 0 radical (unpaired) electrons. The van der Waals surface area contributed by atoms with Crippen molar-refractivity contribution < 1.29 is 32.5 Å². The van der Waals surface area contributed by atoms with E-state index >= 15 is 0 Å². The minimum atomic E-state index is 0. The molecule has 0 aromatic heterocycles. The summed E-state index contributed by atoms with van der Waals surface area (Å²) in [5.41, 5.74) is 0.0417. The Bertz CT molecular complexity index is 51.7. The summed E-state index contributed by atoms with van der Waals surface area (Å²) >= 11 is 0. The Balaban J connectivity index is 0. The third-order valence-corrected chi connectivity index (χ3v) is 1.50. The molecule has 0 fully saturated rings. The van der Waals surface area contributed by atoms with Crippen LogP contribution in [0.2, 0.25) is 0 Å². The molecule has 0 aromatic carbocycles. The molecular weight excluding hydrogens is 322 g/mol. The number of hydrogen-bond donors (Lipinski definition) is 0. The maximum Gasteiger partial charge on any atom is 0.0209 e. The van der Waals surface area contributed by atoms with Gasteiger partial charge in [-0.25, -0.2) is 0 Å². The molecule has 0 spiro atoms. The average Bonchev–Trinajstić information content (AvgIpc) is 1.87. The Labute approximate surface area is 78.2 Å². The Kier molecular flexibility index (Phi) is 5.53. The second-order valence-corrected chi connectivity index (χ2v) is 2.21. The van der Waals surface area contributed by atoms with Crippen LogP contribution in [-0.4, -0.2) is 0 Å². The first kappa shape index (κ1) is 9.05. The molecule has 0 N–H and O–H groups in total. The first-order valence-corrected chi connectivity index (χ1v) is 2.83. The Morgan fingerprint density at radius 3 is 1.88 bits per heavy atom. The van der Waals surface area contributed by atoms with Gasteiger partial charge in [0.25, 0.3) is 0 Å². The predicted octanol–water partition coefficient (Wildman–Crippen LogP) is 2.65. The Hall–Kier alpha value is 1.05. The van der Waals surface area contributed by atoms with Gasteiger partial charge in [-0.2, -0.15) is 5.41 Å². The predicted molar refractivity (Wildman–Crippen MR) is 34.0 cm³/mol. The van der Waals surface area contributed by atoms with Crippen LogP contribution in [0.1, 0.15) is 35.0 Å². The summed E-state index contributed by atoms with van der Waals surface area (Å²) in [4.78, 5) is 0. The van der Waals surface area contributed by atoms with E-state index in [-0.39, 0.29) is 36.5 Å². The third kappa shape index (κ3) is 5.19. The van der Waals surface area contributed by atoms with Crippen LogP contribution in [-0.2, 0) is 0 Å². The maximum atomic E-state index is 7.09. The molecule has 0 aliphatic rings. The zero-order valence-electron chi connectivity index (χ0n) is 6.83. The van der Waals surface area contributed by atoms with Crippen molar-refractivity contribution in [1.82, 2.24) is 0 Å². The summed E-state index contributed by atoms with van der Waals surface area (Å²) in [6, 6.07) is 0. The molecule has 0 aliphatic heterocycles. The normalized spacial score (nSPS) is 12.1. The summed E-state index contributed by atoms with van der Waals surface area (Å²) < 4.78 is 7.09. The van der Waals surface area contributed by atoms with Crippen molar-refractivity contribution in [2.45, 2.75) is 33.6 Å². The van der Waals surface area contributed by atoms with Gasteiger partial charge in [0, 0.05) is 32.5 Å². The van der Waals surface area contributed by atoms with E-state index in [1.807, 2.05) is 0 Å². The van der Waals surface area contributed by atoms with E-state index in [4.69, 9.17) is 1.37 Å². The van der Waals surface area contributed by atoms with Gasteiger partial charge in [0.05, 0.1) is 0 Å². The second kappa shape index (κ2) is 4.89. The number of rotatable bonds is 2. The van der Waals surface area contributed by atoms with Gasteiger partial charge in [-0.05, 0) is 0 Å². The molecule has 0 bridgehead atoms. The Morgan fingerprint density at radius 2 is 1.88 bits per heavy atom. The van der Waals surface area contributed by atoms with Gasteiger partial charge in [0.2, 0.25) is 0 Å². The molecule has 0 atom stereocenters. The standard InChI is InChI=1S/C7H15.U/c1-5-7(3,4)6-2;/h3,5-6H2,1-2,4H3;/q-1;/i4T;. The molecule has 0 aromatic rings. The van der Waals surface area contributed by atoms with Crippen molar-refractivity contribution in [3.8, 4) is 0 Å². The quantitative estimate of drug-likeness (QED) is 0.679. The van der Waals surface area contributed by atoms with E-state index in [0.717, 1.165) is 12.8 Å². The summed E-state index contributed by atoms with van der Waals surface area (Å²) in [7, 11) is 0. The van der Waals surface area contributed by atoms with Crippen molar-refractivity contribution in [2.24, 2.45) is 5.41 Å². The molecule has 48 valence electrons. The number of hydrogen-bond acceptors (Lipinski definition) is 0. The average molecular weight is 339 g/mol. The van der Waals surface area contributed by atoms with Gasteiger partial charge in [0.1, 0.15) is 0 Å². The van der Waals surface area contributed by atoms with Crippen molar-refractivity contribution in [3.63, 3.8) is 0 Å². The van der Waals surface area contributed by atoms with Crippen molar-refractivity contribution in [3.05, 3.63) is 6.92 Å². The van der Waals surface area contributed by atoms with E-state index < -0.39 is 0 Å². The van der Waals surface area contributed by atoms with E-state index in [0.29, 0.717) is 6.90 Å². The van der Waals surface area contributed by atoms with Crippen molar-refractivity contribution >= 4 is 0 Å². The Morgan fingerprint density at radius 1 is 1.50 bits per heavy atom. The van der Waals surface area contributed by atoms with E-state index in [1.165, 1.54) is 0 Å². The molecule has 0 amide bonds. The van der Waals surface area contributed by atoms with Gasteiger partial charge < -0.3 is 6.92 Å². The zero-order valence-corrected chi connectivity index (χ0v) is 9.99. The second-order valence-electron chi connectivity index (χ2n) is 2.21. The fourth-order valence-corrected chi connectivity index (χ4v) is 0.250. The van der Waals surface area contributed by atoms with E-state index in [1.54, 1.807) is 0 Å². The van der Waals surface area contributed by atoms with Crippen molar-refractivity contribution in [2.75, 3.05) is 0 Å². The molecule has 8 heavy (non-hydrogen) atoms. The van der Waals surface area contributed by atoms with Gasteiger partial charge in [0.15, 0.2) is 0 Å². The molecule has 0 aliphatic carbocycles. The maximum absolute atomic E-state index is 7.09. The fraction of sp³-hybridized carbons (Fsp3) is 0.857. The van der Waals surface area contributed by atoms with Crippen LogP contribution >= 0.6 is 0 Å². The molecule has 0 heterocycles. The van der Waals surface area contributed by atoms with Crippen molar-refractivity contribution in [1.29, 1.82) is 0 Å². The van der Waals surface area contributed by atoms with Crippen LogP contribution in [0.5, 0.6) is 0 Å². The SMILES string of the molecule is [3H]CC([CH2-])(CC)CC.[U].